The Morgan fingerprint density at radius 1 is 1.30 bits per heavy atom. The van der Waals surface area contributed by atoms with Gasteiger partial charge in [0.25, 0.3) is 0 Å². The summed E-state index contributed by atoms with van der Waals surface area (Å²) in [7, 11) is 0. The minimum Gasteiger partial charge on any atom is -0.477 e. The third kappa shape index (κ3) is 3.02. The summed E-state index contributed by atoms with van der Waals surface area (Å²) in [5, 5.41) is 18.4. The van der Waals surface area contributed by atoms with Crippen molar-refractivity contribution < 1.29 is 14.3 Å². The topological polar surface area (TPSA) is 74.2 Å². The molecule has 0 atom stereocenters. The second kappa shape index (κ2) is 5.83. The molecule has 0 aliphatic carbocycles. The second-order valence-corrected chi connectivity index (χ2v) is 4.64. The summed E-state index contributed by atoms with van der Waals surface area (Å²) in [4.78, 5) is 10.7. The Hall–Kier alpha value is -2.22. The smallest absolute Gasteiger partial charge is 0.346 e. The van der Waals surface area contributed by atoms with Gasteiger partial charge in [-0.15, -0.1) is 0 Å². The van der Waals surface area contributed by atoms with Crippen molar-refractivity contribution in [2.24, 2.45) is 0 Å². The molecular formula is C14H7Cl2NO3. The highest BCUT2D eigenvalue weighted by Crippen LogP contribution is 2.32. The summed E-state index contributed by atoms with van der Waals surface area (Å²) in [5.41, 5.74) is 0.177. The quantitative estimate of drug-likeness (QED) is 0.679. The van der Waals surface area contributed by atoms with Gasteiger partial charge in [0.15, 0.2) is 0 Å². The van der Waals surface area contributed by atoms with Gasteiger partial charge < -0.3 is 9.52 Å². The monoisotopic (exact) mass is 307 g/mol. The van der Waals surface area contributed by atoms with Crippen LogP contribution in [-0.2, 0) is 4.79 Å². The largest absolute Gasteiger partial charge is 0.477 e. The summed E-state index contributed by atoms with van der Waals surface area (Å²) in [6.45, 7) is 0. The van der Waals surface area contributed by atoms with Gasteiger partial charge in [-0.25, -0.2) is 4.79 Å². The normalized spacial score (nSPS) is 11.2. The zero-order chi connectivity index (χ0) is 14.7. The third-order valence-electron chi connectivity index (χ3n) is 2.46. The Balaban J connectivity index is 2.42. The van der Waals surface area contributed by atoms with Crippen LogP contribution in [0.4, 0.5) is 0 Å². The van der Waals surface area contributed by atoms with Gasteiger partial charge in [0, 0.05) is 16.7 Å². The van der Waals surface area contributed by atoms with E-state index in [2.05, 4.69) is 0 Å². The number of carboxylic acid groups (broad SMARTS) is 1. The van der Waals surface area contributed by atoms with E-state index in [1.165, 1.54) is 0 Å². The molecule has 0 bridgehead atoms. The van der Waals surface area contributed by atoms with E-state index in [9.17, 15) is 4.79 Å². The SMILES string of the molecule is N#C/C(=C\c1ccc(-c2cc(Cl)ccc2Cl)o1)C(=O)O. The van der Waals surface area contributed by atoms with Crippen molar-refractivity contribution in [2.75, 3.05) is 0 Å². The number of aliphatic carboxylic acids is 1. The number of hydrogen-bond acceptors (Lipinski definition) is 3. The first-order chi connectivity index (χ1) is 9.51. The Morgan fingerprint density at radius 3 is 2.70 bits per heavy atom. The molecule has 0 aliphatic rings. The van der Waals surface area contributed by atoms with Gasteiger partial charge in [-0.2, -0.15) is 5.26 Å². The number of nitriles is 1. The molecule has 1 aromatic heterocycles. The number of nitrogens with zero attached hydrogens (tertiary/aromatic N) is 1. The van der Waals surface area contributed by atoms with Crippen LogP contribution in [0.2, 0.25) is 10.0 Å². The second-order valence-electron chi connectivity index (χ2n) is 3.80. The van der Waals surface area contributed by atoms with Gasteiger partial charge in [-0.3, -0.25) is 0 Å². The average Bonchev–Trinajstić information content (AvgIpc) is 2.86. The third-order valence-corrected chi connectivity index (χ3v) is 3.02. The maximum atomic E-state index is 10.7. The van der Waals surface area contributed by atoms with Crippen molar-refractivity contribution >= 4 is 35.2 Å². The number of benzene rings is 1. The highest BCUT2D eigenvalue weighted by molar-refractivity contribution is 6.35. The molecule has 0 amide bonds. The number of furan rings is 1. The predicted molar refractivity (Wildman–Crippen MR) is 75.4 cm³/mol. The first-order valence-corrected chi connectivity index (χ1v) is 6.17. The van der Waals surface area contributed by atoms with Gasteiger partial charge in [0.05, 0.1) is 5.02 Å². The van der Waals surface area contributed by atoms with E-state index in [1.807, 2.05) is 0 Å². The highest BCUT2D eigenvalue weighted by atomic mass is 35.5. The highest BCUT2D eigenvalue weighted by Gasteiger charge is 2.11. The van der Waals surface area contributed by atoms with E-state index in [4.69, 9.17) is 38.0 Å². The van der Waals surface area contributed by atoms with E-state index < -0.39 is 11.5 Å². The van der Waals surface area contributed by atoms with Crippen LogP contribution in [0.5, 0.6) is 0 Å². The fourth-order valence-electron chi connectivity index (χ4n) is 1.55. The molecule has 1 N–H and O–H groups in total. The Morgan fingerprint density at radius 2 is 2.05 bits per heavy atom. The predicted octanol–water partition coefficient (Wildman–Crippen LogP) is 4.24. The van der Waals surface area contributed by atoms with Crippen LogP contribution in [0.15, 0.2) is 40.3 Å². The maximum absolute atomic E-state index is 10.7. The standard InChI is InChI=1S/C14H7Cl2NO3/c15-9-1-3-12(16)11(6-9)13-4-2-10(20-13)5-8(7-17)14(18)19/h1-6H,(H,18,19)/b8-5+. The fraction of sp³-hybridized carbons (Fsp3) is 0. The molecule has 100 valence electrons. The van der Waals surface area contributed by atoms with Crippen LogP contribution >= 0.6 is 23.2 Å². The number of rotatable bonds is 3. The lowest BCUT2D eigenvalue weighted by Gasteiger charge is -2.01. The van der Waals surface area contributed by atoms with Crippen molar-refractivity contribution in [3.8, 4) is 17.4 Å². The van der Waals surface area contributed by atoms with E-state index in [0.717, 1.165) is 6.08 Å². The molecule has 1 aromatic carbocycles. The molecule has 0 saturated heterocycles. The molecule has 1 heterocycles. The number of hydrogen-bond donors (Lipinski definition) is 1. The van der Waals surface area contributed by atoms with Gasteiger partial charge in [-0.1, -0.05) is 23.2 Å². The molecule has 4 nitrogen and oxygen atoms in total. The summed E-state index contributed by atoms with van der Waals surface area (Å²) in [6, 6.07) is 9.67. The molecular weight excluding hydrogens is 301 g/mol. The number of halogens is 2. The molecule has 0 saturated carbocycles. The zero-order valence-electron chi connectivity index (χ0n) is 9.93. The molecule has 0 aliphatic heterocycles. The molecule has 20 heavy (non-hydrogen) atoms. The lowest BCUT2D eigenvalue weighted by Crippen LogP contribution is -1.96. The van der Waals surface area contributed by atoms with Crippen LogP contribution in [0.3, 0.4) is 0 Å². The first-order valence-electron chi connectivity index (χ1n) is 5.41. The molecule has 0 fully saturated rings. The molecule has 2 aromatic rings. The summed E-state index contributed by atoms with van der Waals surface area (Å²) < 4.78 is 5.45. The zero-order valence-corrected chi connectivity index (χ0v) is 11.4. The fourth-order valence-corrected chi connectivity index (χ4v) is 1.93. The molecule has 6 heteroatoms. The van der Waals surface area contributed by atoms with E-state index in [1.54, 1.807) is 36.4 Å². The lowest BCUT2D eigenvalue weighted by atomic mass is 10.2. The summed E-state index contributed by atoms with van der Waals surface area (Å²) in [5.74, 6) is -0.632. The molecule has 0 radical (unpaired) electrons. The minimum atomic E-state index is -1.31. The Bertz CT molecular complexity index is 741. The van der Waals surface area contributed by atoms with Crippen molar-refractivity contribution in [3.05, 3.63) is 51.7 Å². The summed E-state index contributed by atoms with van der Waals surface area (Å²) >= 11 is 11.9. The van der Waals surface area contributed by atoms with Crippen molar-refractivity contribution in [2.45, 2.75) is 0 Å². The minimum absolute atomic E-state index is 0.245. The number of carboxylic acids is 1. The van der Waals surface area contributed by atoms with Crippen molar-refractivity contribution in [3.63, 3.8) is 0 Å². The Labute approximate surface area is 124 Å². The van der Waals surface area contributed by atoms with Crippen LogP contribution in [0.1, 0.15) is 5.76 Å². The van der Waals surface area contributed by atoms with Gasteiger partial charge in [-0.05, 0) is 30.3 Å². The van der Waals surface area contributed by atoms with Gasteiger partial charge in [0.1, 0.15) is 23.2 Å². The van der Waals surface area contributed by atoms with Crippen LogP contribution < -0.4 is 0 Å². The summed E-state index contributed by atoms with van der Waals surface area (Å²) in [6.07, 6.45) is 1.14. The Kier molecular flexibility index (Phi) is 4.14. The van der Waals surface area contributed by atoms with Crippen LogP contribution in [0, 0.1) is 11.3 Å². The molecule has 2 rings (SSSR count). The van der Waals surface area contributed by atoms with E-state index in [-0.39, 0.29) is 5.76 Å². The van der Waals surface area contributed by atoms with Gasteiger partial charge >= 0.3 is 5.97 Å². The lowest BCUT2D eigenvalue weighted by molar-refractivity contribution is -0.132. The van der Waals surface area contributed by atoms with Crippen LogP contribution in [-0.4, -0.2) is 11.1 Å². The first kappa shape index (κ1) is 14.2. The van der Waals surface area contributed by atoms with E-state index in [0.29, 0.717) is 21.4 Å². The van der Waals surface area contributed by atoms with Crippen LogP contribution in [0.25, 0.3) is 17.4 Å². The molecule has 0 unspecified atom stereocenters. The van der Waals surface area contributed by atoms with Crippen molar-refractivity contribution in [1.29, 1.82) is 5.26 Å². The maximum Gasteiger partial charge on any atom is 0.346 e. The van der Waals surface area contributed by atoms with Gasteiger partial charge in [0.2, 0.25) is 0 Å². The van der Waals surface area contributed by atoms with E-state index >= 15 is 0 Å². The molecule has 0 spiro atoms. The average molecular weight is 308 g/mol. The van der Waals surface area contributed by atoms with Crippen molar-refractivity contribution in [1.82, 2.24) is 0 Å². The number of carbonyl (C=O) groups is 1.